The molecule has 0 radical (unpaired) electrons. The van der Waals surface area contributed by atoms with Crippen molar-refractivity contribution in [2.45, 2.75) is 13.3 Å². The van der Waals surface area contributed by atoms with Crippen molar-refractivity contribution in [2.24, 2.45) is 0 Å². The quantitative estimate of drug-likeness (QED) is 0.822. The Morgan fingerprint density at radius 3 is 2.36 bits per heavy atom. The summed E-state index contributed by atoms with van der Waals surface area (Å²) in [7, 11) is 1.59. The molecule has 25 heavy (non-hydrogen) atoms. The third-order valence-corrected chi connectivity index (χ3v) is 3.79. The van der Waals surface area contributed by atoms with Gasteiger partial charge < -0.3 is 15.0 Å². The molecule has 0 fully saturated rings. The van der Waals surface area contributed by atoms with Crippen LogP contribution in [0.1, 0.15) is 12.0 Å². The van der Waals surface area contributed by atoms with E-state index in [0.29, 0.717) is 10.7 Å². The average Bonchev–Trinajstić information content (AvgIpc) is 2.58. The first kappa shape index (κ1) is 18.8. The molecular formula is C19H21ClN2O3. The minimum Gasteiger partial charge on any atom is -0.493 e. The molecule has 0 aliphatic carbocycles. The molecule has 132 valence electrons. The molecule has 0 aliphatic heterocycles. The number of hydrogen-bond donors (Lipinski definition) is 1. The minimum absolute atomic E-state index is 0.0218. The zero-order valence-corrected chi connectivity index (χ0v) is 15.0. The van der Waals surface area contributed by atoms with Crippen molar-refractivity contribution in [3.63, 3.8) is 0 Å². The number of ether oxygens (including phenoxy) is 1. The second-order valence-electron chi connectivity index (χ2n) is 5.72. The molecule has 0 saturated carbocycles. The van der Waals surface area contributed by atoms with Gasteiger partial charge in [-0.15, -0.1) is 0 Å². The summed E-state index contributed by atoms with van der Waals surface area (Å²) in [4.78, 5) is 25.4. The highest BCUT2D eigenvalue weighted by Crippen LogP contribution is 2.13. The number of anilines is 1. The van der Waals surface area contributed by atoms with Gasteiger partial charge in [-0.3, -0.25) is 9.59 Å². The number of hydrogen-bond acceptors (Lipinski definition) is 3. The van der Waals surface area contributed by atoms with Crippen LogP contribution < -0.4 is 10.1 Å². The number of amides is 2. The fourth-order valence-electron chi connectivity index (χ4n) is 2.12. The van der Waals surface area contributed by atoms with Crippen LogP contribution >= 0.6 is 11.6 Å². The number of nitrogens with zero attached hydrogens (tertiary/aromatic N) is 1. The molecule has 2 rings (SSSR count). The van der Waals surface area contributed by atoms with E-state index in [4.69, 9.17) is 16.3 Å². The van der Waals surface area contributed by atoms with Crippen LogP contribution in [0.25, 0.3) is 0 Å². The van der Waals surface area contributed by atoms with E-state index in [9.17, 15) is 9.59 Å². The van der Waals surface area contributed by atoms with E-state index in [-0.39, 0.29) is 31.4 Å². The third kappa shape index (κ3) is 6.47. The Bertz CT molecular complexity index is 714. The van der Waals surface area contributed by atoms with Gasteiger partial charge in [-0.1, -0.05) is 29.3 Å². The first-order valence-corrected chi connectivity index (χ1v) is 8.30. The van der Waals surface area contributed by atoms with Gasteiger partial charge in [-0.25, -0.2) is 0 Å². The number of rotatable bonds is 7. The van der Waals surface area contributed by atoms with E-state index in [0.717, 1.165) is 11.3 Å². The first-order chi connectivity index (χ1) is 11.9. The molecule has 0 unspecified atom stereocenters. The number of benzene rings is 2. The number of halogens is 1. The van der Waals surface area contributed by atoms with Crippen molar-refractivity contribution < 1.29 is 14.3 Å². The van der Waals surface area contributed by atoms with Crippen LogP contribution in [0.5, 0.6) is 5.75 Å². The largest absolute Gasteiger partial charge is 0.493 e. The maximum atomic E-state index is 12.1. The molecule has 1 N–H and O–H groups in total. The Kier molecular flexibility index (Phi) is 6.83. The van der Waals surface area contributed by atoms with Crippen LogP contribution in [0, 0.1) is 6.92 Å². The van der Waals surface area contributed by atoms with Crippen LogP contribution in [0.4, 0.5) is 5.69 Å². The van der Waals surface area contributed by atoms with Crippen molar-refractivity contribution in [1.29, 1.82) is 0 Å². The molecule has 2 amide bonds. The predicted molar refractivity (Wildman–Crippen MR) is 99.0 cm³/mol. The highest BCUT2D eigenvalue weighted by Gasteiger charge is 2.13. The molecule has 0 atom stereocenters. The second kappa shape index (κ2) is 9.08. The smallest absolute Gasteiger partial charge is 0.243 e. The lowest BCUT2D eigenvalue weighted by Gasteiger charge is -2.17. The molecule has 0 saturated heterocycles. The van der Waals surface area contributed by atoms with Gasteiger partial charge in [0.15, 0.2) is 0 Å². The summed E-state index contributed by atoms with van der Waals surface area (Å²) < 4.78 is 5.53. The van der Waals surface area contributed by atoms with E-state index in [2.05, 4.69) is 5.32 Å². The van der Waals surface area contributed by atoms with E-state index in [1.807, 2.05) is 31.2 Å². The van der Waals surface area contributed by atoms with E-state index >= 15 is 0 Å². The lowest BCUT2D eigenvalue weighted by atomic mass is 10.2. The topological polar surface area (TPSA) is 58.6 Å². The standard InChI is InChI=1S/C19H21ClN2O3/c1-14-3-9-17(10-4-14)25-12-11-19(24)22(2)13-18(23)21-16-7-5-15(20)6-8-16/h3-10H,11-13H2,1-2H3,(H,21,23). The highest BCUT2D eigenvalue weighted by molar-refractivity contribution is 6.30. The van der Waals surface area contributed by atoms with E-state index in [1.54, 1.807) is 31.3 Å². The lowest BCUT2D eigenvalue weighted by molar-refractivity contribution is -0.133. The number of likely N-dealkylation sites (N-methyl/N-ethyl adjacent to an activating group) is 1. The van der Waals surface area contributed by atoms with Crippen LogP contribution in [-0.2, 0) is 9.59 Å². The van der Waals surface area contributed by atoms with Crippen LogP contribution in [-0.4, -0.2) is 36.9 Å². The van der Waals surface area contributed by atoms with Crippen molar-refractivity contribution in [2.75, 3.05) is 25.5 Å². The maximum absolute atomic E-state index is 12.1. The van der Waals surface area contributed by atoms with Crippen molar-refractivity contribution in [3.05, 3.63) is 59.1 Å². The molecule has 0 heterocycles. The lowest BCUT2D eigenvalue weighted by Crippen LogP contribution is -2.35. The predicted octanol–water partition coefficient (Wildman–Crippen LogP) is 3.51. The molecule has 2 aromatic rings. The molecule has 0 aromatic heterocycles. The zero-order chi connectivity index (χ0) is 18.2. The Hall–Kier alpha value is -2.53. The molecule has 0 bridgehead atoms. The van der Waals surface area contributed by atoms with Crippen molar-refractivity contribution >= 4 is 29.1 Å². The summed E-state index contributed by atoms with van der Waals surface area (Å²) >= 11 is 5.80. The van der Waals surface area contributed by atoms with Gasteiger partial charge in [0.05, 0.1) is 19.6 Å². The fourth-order valence-corrected chi connectivity index (χ4v) is 2.24. The summed E-state index contributed by atoms with van der Waals surface area (Å²) in [6, 6.07) is 14.4. The van der Waals surface area contributed by atoms with Gasteiger partial charge in [-0.05, 0) is 43.3 Å². The second-order valence-corrected chi connectivity index (χ2v) is 6.15. The number of aryl methyl sites for hydroxylation is 1. The fraction of sp³-hybridized carbons (Fsp3) is 0.263. The summed E-state index contributed by atoms with van der Waals surface area (Å²) in [5.74, 6) is 0.303. The van der Waals surface area contributed by atoms with Gasteiger partial charge in [0.1, 0.15) is 5.75 Å². The highest BCUT2D eigenvalue weighted by atomic mass is 35.5. The Labute approximate surface area is 152 Å². The van der Waals surface area contributed by atoms with Gasteiger partial charge in [0, 0.05) is 17.8 Å². The SMILES string of the molecule is Cc1ccc(OCCC(=O)N(C)CC(=O)Nc2ccc(Cl)cc2)cc1. The van der Waals surface area contributed by atoms with Crippen molar-refractivity contribution in [1.82, 2.24) is 4.90 Å². The number of carbonyl (C=O) groups excluding carboxylic acids is 2. The monoisotopic (exact) mass is 360 g/mol. The van der Waals surface area contributed by atoms with Gasteiger partial charge >= 0.3 is 0 Å². The van der Waals surface area contributed by atoms with Crippen LogP contribution in [0.2, 0.25) is 5.02 Å². The minimum atomic E-state index is -0.266. The van der Waals surface area contributed by atoms with Gasteiger partial charge in [0.2, 0.25) is 11.8 Å². The summed E-state index contributed by atoms with van der Waals surface area (Å²) in [5, 5.41) is 3.32. The molecule has 0 aliphatic rings. The summed E-state index contributed by atoms with van der Waals surface area (Å²) in [6.07, 6.45) is 0.207. The van der Waals surface area contributed by atoms with Gasteiger partial charge in [0.25, 0.3) is 0 Å². The van der Waals surface area contributed by atoms with Crippen molar-refractivity contribution in [3.8, 4) is 5.75 Å². The van der Waals surface area contributed by atoms with Crippen LogP contribution in [0.3, 0.4) is 0 Å². The normalized spacial score (nSPS) is 10.2. The Morgan fingerprint density at radius 2 is 1.72 bits per heavy atom. The number of carbonyl (C=O) groups is 2. The summed E-state index contributed by atoms with van der Waals surface area (Å²) in [5.41, 5.74) is 1.79. The van der Waals surface area contributed by atoms with E-state index in [1.165, 1.54) is 4.90 Å². The molecule has 2 aromatic carbocycles. The zero-order valence-electron chi connectivity index (χ0n) is 14.3. The Morgan fingerprint density at radius 1 is 1.08 bits per heavy atom. The summed E-state index contributed by atoms with van der Waals surface area (Å²) in [6.45, 7) is 2.24. The molecule has 0 spiro atoms. The van der Waals surface area contributed by atoms with Gasteiger partial charge in [-0.2, -0.15) is 0 Å². The first-order valence-electron chi connectivity index (χ1n) is 7.93. The molecule has 6 heteroatoms. The number of nitrogens with one attached hydrogen (secondary N) is 1. The molecular weight excluding hydrogens is 340 g/mol. The Balaban J connectivity index is 1.72. The maximum Gasteiger partial charge on any atom is 0.243 e. The molecule has 5 nitrogen and oxygen atoms in total. The average molecular weight is 361 g/mol. The van der Waals surface area contributed by atoms with Crippen LogP contribution in [0.15, 0.2) is 48.5 Å². The third-order valence-electron chi connectivity index (χ3n) is 3.54. The van der Waals surface area contributed by atoms with E-state index < -0.39 is 0 Å².